The molecule has 0 radical (unpaired) electrons. The average molecular weight is 373 g/mol. The summed E-state index contributed by atoms with van der Waals surface area (Å²) in [5, 5.41) is 11.6. The number of nitrogens with two attached hydrogens (primary N) is 2. The van der Waals surface area contributed by atoms with E-state index in [2.05, 4.69) is 10.5 Å². The fraction of sp³-hybridized carbons (Fsp3) is 0.647. The highest BCUT2D eigenvalue weighted by atomic mass is 19.2. The number of hydrazone groups is 1. The van der Waals surface area contributed by atoms with Crippen molar-refractivity contribution in [3.8, 4) is 0 Å². The van der Waals surface area contributed by atoms with Crippen molar-refractivity contribution in [3.05, 3.63) is 23.0 Å². The summed E-state index contributed by atoms with van der Waals surface area (Å²) in [7, 11) is 1.66. The molecule has 9 heteroatoms. The first-order valence-electron chi connectivity index (χ1n) is 8.32. The number of nitrogens with one attached hydrogen (secondary N) is 2. The van der Waals surface area contributed by atoms with Crippen LogP contribution < -0.4 is 16.9 Å². The molecule has 0 bridgehead atoms. The number of halogens is 2. The first kappa shape index (κ1) is 22.0. The zero-order valence-electron chi connectivity index (χ0n) is 16.0. The molecule has 0 spiro atoms. The zero-order valence-corrected chi connectivity index (χ0v) is 16.0. The summed E-state index contributed by atoms with van der Waals surface area (Å²) in [6.07, 6.45) is 1.34. The maximum absolute atomic E-state index is 13.6. The highest BCUT2D eigenvalue weighted by Gasteiger charge is 2.29. The van der Waals surface area contributed by atoms with Gasteiger partial charge in [-0.1, -0.05) is 0 Å². The standard InChI is InChI=1S/C17H29F2N5O2/c1-16(2,25-5)7-9-26-17(3,4)6-8-23-24-15-13(21)11(19)10(18)12(20)14(15)22/h22-23H,6-9,20-21H2,1-5H3/b22-14?,24-15-. The normalized spacial score (nSPS) is 18.1. The number of hydrogen-bond donors (Lipinski definition) is 4. The lowest BCUT2D eigenvalue weighted by molar-refractivity contribution is -0.0607. The first-order chi connectivity index (χ1) is 11.9. The lowest BCUT2D eigenvalue weighted by Gasteiger charge is -2.28. The Hall–Kier alpha value is -2.00. The van der Waals surface area contributed by atoms with Crippen molar-refractivity contribution in [2.24, 2.45) is 16.6 Å². The lowest BCUT2D eigenvalue weighted by Crippen LogP contribution is -2.35. The molecule has 148 valence electrons. The van der Waals surface area contributed by atoms with Gasteiger partial charge in [0.05, 0.1) is 23.5 Å². The SMILES string of the molecule is COC(C)(C)CCOC(C)(C)CCN/N=C1\C(=N)C(N)=C(F)C(F)=C1N. The number of rotatable bonds is 9. The Morgan fingerprint density at radius 3 is 2.19 bits per heavy atom. The Labute approximate surface area is 153 Å². The van der Waals surface area contributed by atoms with Gasteiger partial charge in [-0.05, 0) is 40.5 Å². The predicted molar refractivity (Wildman–Crippen MR) is 98.2 cm³/mol. The van der Waals surface area contributed by atoms with Crippen molar-refractivity contribution in [3.63, 3.8) is 0 Å². The van der Waals surface area contributed by atoms with Crippen LogP contribution in [0.2, 0.25) is 0 Å². The van der Waals surface area contributed by atoms with Crippen LogP contribution in [0.4, 0.5) is 8.78 Å². The third-order valence-electron chi connectivity index (χ3n) is 4.21. The summed E-state index contributed by atoms with van der Waals surface area (Å²) in [5.74, 6) is -2.64. The molecule has 0 amide bonds. The number of allylic oxidation sites excluding steroid dienone is 4. The third-order valence-corrected chi connectivity index (χ3v) is 4.21. The van der Waals surface area contributed by atoms with Crippen molar-refractivity contribution in [1.82, 2.24) is 5.43 Å². The molecule has 1 aliphatic rings. The number of hydrogen-bond acceptors (Lipinski definition) is 7. The number of methoxy groups -OCH3 is 1. The molecule has 6 N–H and O–H groups in total. The van der Waals surface area contributed by atoms with E-state index >= 15 is 0 Å². The van der Waals surface area contributed by atoms with Crippen molar-refractivity contribution < 1.29 is 18.3 Å². The van der Waals surface area contributed by atoms with Gasteiger partial charge < -0.3 is 26.4 Å². The van der Waals surface area contributed by atoms with Crippen LogP contribution in [0.25, 0.3) is 0 Å². The van der Waals surface area contributed by atoms with Crippen LogP contribution in [0.5, 0.6) is 0 Å². The van der Waals surface area contributed by atoms with Gasteiger partial charge in [-0.3, -0.25) is 5.41 Å². The average Bonchev–Trinajstić information content (AvgIpc) is 2.57. The van der Waals surface area contributed by atoms with Gasteiger partial charge in [0.2, 0.25) is 0 Å². The van der Waals surface area contributed by atoms with Crippen molar-refractivity contribution in [2.45, 2.75) is 51.7 Å². The van der Waals surface area contributed by atoms with E-state index in [0.717, 1.165) is 6.42 Å². The molecule has 0 atom stereocenters. The third kappa shape index (κ3) is 5.77. The highest BCUT2D eigenvalue weighted by Crippen LogP contribution is 2.24. The second-order valence-electron chi connectivity index (χ2n) is 7.27. The molecule has 0 aromatic carbocycles. The van der Waals surface area contributed by atoms with E-state index in [1.54, 1.807) is 7.11 Å². The molecule has 7 nitrogen and oxygen atoms in total. The van der Waals surface area contributed by atoms with Crippen LogP contribution in [0.1, 0.15) is 40.5 Å². The van der Waals surface area contributed by atoms with E-state index in [1.807, 2.05) is 27.7 Å². The molecular formula is C17H29F2N5O2. The summed E-state index contributed by atoms with van der Waals surface area (Å²) in [4.78, 5) is 0. The fourth-order valence-electron chi connectivity index (χ4n) is 2.07. The minimum atomic E-state index is -1.33. The second-order valence-corrected chi connectivity index (χ2v) is 7.27. The summed E-state index contributed by atoms with van der Waals surface area (Å²) in [6.45, 7) is 8.77. The quantitative estimate of drug-likeness (QED) is 0.281. The Morgan fingerprint density at radius 1 is 1.04 bits per heavy atom. The van der Waals surface area contributed by atoms with Crippen LogP contribution in [-0.2, 0) is 9.47 Å². The second kappa shape index (κ2) is 8.59. The first-order valence-corrected chi connectivity index (χ1v) is 8.32. The minimum absolute atomic E-state index is 0.220. The number of nitrogens with zero attached hydrogens (tertiary/aromatic N) is 1. The maximum atomic E-state index is 13.6. The van der Waals surface area contributed by atoms with Gasteiger partial charge >= 0.3 is 0 Å². The molecule has 0 heterocycles. The highest BCUT2D eigenvalue weighted by molar-refractivity contribution is 6.53. The summed E-state index contributed by atoms with van der Waals surface area (Å²) in [5.41, 5.74) is 11.0. The van der Waals surface area contributed by atoms with Crippen molar-refractivity contribution in [2.75, 3.05) is 20.3 Å². The molecule has 0 saturated carbocycles. The van der Waals surface area contributed by atoms with Crippen molar-refractivity contribution in [1.29, 1.82) is 5.41 Å². The summed E-state index contributed by atoms with van der Waals surface area (Å²) in [6, 6.07) is 0. The van der Waals surface area contributed by atoms with E-state index in [0.29, 0.717) is 19.6 Å². The van der Waals surface area contributed by atoms with Gasteiger partial charge in [-0.15, -0.1) is 0 Å². The van der Waals surface area contributed by atoms with Gasteiger partial charge in [0, 0.05) is 13.7 Å². The van der Waals surface area contributed by atoms with Crippen LogP contribution in [-0.4, -0.2) is 42.9 Å². The molecule has 0 aliphatic heterocycles. The van der Waals surface area contributed by atoms with E-state index in [-0.39, 0.29) is 11.3 Å². The fourth-order valence-corrected chi connectivity index (χ4v) is 2.07. The van der Waals surface area contributed by atoms with Gasteiger partial charge in [-0.25, -0.2) is 8.78 Å². The van der Waals surface area contributed by atoms with Crippen LogP contribution in [0.15, 0.2) is 28.1 Å². The van der Waals surface area contributed by atoms with Gasteiger partial charge in [0.25, 0.3) is 0 Å². The van der Waals surface area contributed by atoms with Crippen LogP contribution in [0.3, 0.4) is 0 Å². The molecule has 0 aromatic heterocycles. The van der Waals surface area contributed by atoms with Crippen molar-refractivity contribution >= 4 is 11.4 Å². The molecule has 0 fully saturated rings. The lowest BCUT2D eigenvalue weighted by atomic mass is 10.0. The van der Waals surface area contributed by atoms with E-state index < -0.39 is 34.4 Å². The monoisotopic (exact) mass is 373 g/mol. The Balaban J connectivity index is 2.55. The molecule has 0 aromatic rings. The van der Waals surface area contributed by atoms with E-state index in [1.165, 1.54) is 0 Å². The largest absolute Gasteiger partial charge is 0.394 e. The summed E-state index contributed by atoms with van der Waals surface area (Å²) >= 11 is 0. The minimum Gasteiger partial charge on any atom is -0.394 e. The molecule has 1 aliphatic carbocycles. The topological polar surface area (TPSA) is 119 Å². The van der Waals surface area contributed by atoms with Gasteiger partial charge in [0.1, 0.15) is 17.1 Å². The molecule has 0 saturated heterocycles. The Kier molecular flexibility index (Phi) is 7.28. The molecule has 26 heavy (non-hydrogen) atoms. The molecule has 0 unspecified atom stereocenters. The zero-order chi connectivity index (χ0) is 20.1. The van der Waals surface area contributed by atoms with Crippen LogP contribution >= 0.6 is 0 Å². The maximum Gasteiger partial charge on any atom is 0.186 e. The Bertz CT molecular complexity index is 639. The van der Waals surface area contributed by atoms with E-state index in [4.69, 9.17) is 26.4 Å². The summed E-state index contributed by atoms with van der Waals surface area (Å²) < 4.78 is 38.2. The van der Waals surface area contributed by atoms with Gasteiger partial charge in [-0.2, -0.15) is 5.10 Å². The predicted octanol–water partition coefficient (Wildman–Crippen LogP) is 2.25. The van der Waals surface area contributed by atoms with E-state index in [9.17, 15) is 8.78 Å². The smallest absolute Gasteiger partial charge is 0.186 e. The molecule has 1 rings (SSSR count). The van der Waals surface area contributed by atoms with Gasteiger partial charge in [0.15, 0.2) is 11.7 Å². The van der Waals surface area contributed by atoms with Crippen LogP contribution in [0, 0.1) is 5.41 Å². The molecular weight excluding hydrogens is 344 g/mol. The number of ether oxygens (including phenoxy) is 2. The Morgan fingerprint density at radius 2 is 1.62 bits per heavy atom.